The lowest BCUT2D eigenvalue weighted by molar-refractivity contribution is 0.399. The Bertz CT molecular complexity index is 526. The standard InChI is InChI=1S/C14H16F2N2S/c1-17(2)13(19)18-7-10-6-14(10,8-18)9-3-11(15)5-12(16)4-9/h3-5,10H,6-8H2,1-2H3. The minimum Gasteiger partial charge on any atom is -0.355 e. The van der Waals surface area contributed by atoms with E-state index < -0.39 is 11.6 Å². The van der Waals surface area contributed by atoms with Gasteiger partial charge in [-0.15, -0.1) is 0 Å². The molecule has 2 unspecified atom stereocenters. The third kappa shape index (κ3) is 2.00. The van der Waals surface area contributed by atoms with Gasteiger partial charge in [0.1, 0.15) is 11.6 Å². The van der Waals surface area contributed by atoms with Crippen LogP contribution in [0.2, 0.25) is 0 Å². The number of likely N-dealkylation sites (tertiary alicyclic amines) is 1. The van der Waals surface area contributed by atoms with E-state index in [-0.39, 0.29) is 5.41 Å². The van der Waals surface area contributed by atoms with Crippen LogP contribution in [0.1, 0.15) is 12.0 Å². The quantitative estimate of drug-likeness (QED) is 0.730. The summed E-state index contributed by atoms with van der Waals surface area (Å²) in [6, 6.07) is 3.85. The second kappa shape index (κ2) is 4.13. The first kappa shape index (κ1) is 12.8. The van der Waals surface area contributed by atoms with Crippen molar-refractivity contribution in [1.82, 2.24) is 9.80 Å². The van der Waals surface area contributed by atoms with Gasteiger partial charge in [-0.1, -0.05) is 0 Å². The van der Waals surface area contributed by atoms with Crippen molar-refractivity contribution >= 4 is 17.3 Å². The molecule has 1 aromatic carbocycles. The van der Waals surface area contributed by atoms with Gasteiger partial charge in [-0.3, -0.25) is 0 Å². The fourth-order valence-corrected chi connectivity index (χ4v) is 3.34. The molecule has 1 heterocycles. The van der Waals surface area contributed by atoms with Crippen LogP contribution in [0.4, 0.5) is 8.78 Å². The zero-order chi connectivity index (χ0) is 13.8. The molecule has 2 atom stereocenters. The Kier molecular flexibility index (Phi) is 2.78. The van der Waals surface area contributed by atoms with Crippen LogP contribution in [0.5, 0.6) is 0 Å². The van der Waals surface area contributed by atoms with Crippen molar-refractivity contribution in [2.45, 2.75) is 11.8 Å². The maximum atomic E-state index is 13.4. The van der Waals surface area contributed by atoms with E-state index in [9.17, 15) is 8.78 Å². The SMILES string of the molecule is CN(C)C(=S)N1CC2CC2(c2cc(F)cc(F)c2)C1. The van der Waals surface area contributed by atoms with Crippen LogP contribution >= 0.6 is 12.2 Å². The average Bonchev–Trinajstić information content (AvgIpc) is 2.90. The van der Waals surface area contributed by atoms with Gasteiger partial charge in [0.25, 0.3) is 0 Å². The van der Waals surface area contributed by atoms with Crippen molar-refractivity contribution in [3.8, 4) is 0 Å². The topological polar surface area (TPSA) is 6.48 Å². The molecular formula is C14H16F2N2S. The van der Waals surface area contributed by atoms with Crippen molar-refractivity contribution < 1.29 is 8.78 Å². The predicted octanol–water partition coefficient (Wildman–Crippen LogP) is 2.38. The summed E-state index contributed by atoms with van der Waals surface area (Å²) in [6.45, 7) is 1.65. The fourth-order valence-electron chi connectivity index (χ4n) is 3.20. The Morgan fingerprint density at radius 1 is 1.32 bits per heavy atom. The lowest BCUT2D eigenvalue weighted by Gasteiger charge is -2.27. The summed E-state index contributed by atoms with van der Waals surface area (Å²) in [5.41, 5.74) is 0.683. The van der Waals surface area contributed by atoms with Gasteiger partial charge in [0.05, 0.1) is 0 Å². The van der Waals surface area contributed by atoms with Crippen LogP contribution in [0.3, 0.4) is 0 Å². The summed E-state index contributed by atoms with van der Waals surface area (Å²) in [5.74, 6) is -0.529. The maximum Gasteiger partial charge on any atom is 0.171 e. The van der Waals surface area contributed by atoms with Gasteiger partial charge in [0.15, 0.2) is 5.11 Å². The number of hydrogen-bond acceptors (Lipinski definition) is 1. The smallest absolute Gasteiger partial charge is 0.171 e. The van der Waals surface area contributed by atoms with Gasteiger partial charge in [0, 0.05) is 38.7 Å². The van der Waals surface area contributed by atoms with Crippen LogP contribution in [0.25, 0.3) is 0 Å². The number of benzene rings is 1. The lowest BCUT2D eigenvalue weighted by atomic mass is 9.95. The molecule has 19 heavy (non-hydrogen) atoms. The van der Waals surface area contributed by atoms with E-state index in [4.69, 9.17) is 12.2 Å². The van der Waals surface area contributed by atoms with E-state index in [0.717, 1.165) is 36.3 Å². The molecular weight excluding hydrogens is 266 g/mol. The minimum absolute atomic E-state index is 0.0942. The number of halogens is 2. The zero-order valence-electron chi connectivity index (χ0n) is 11.0. The summed E-state index contributed by atoms with van der Waals surface area (Å²) in [6.07, 6.45) is 1.00. The number of hydrogen-bond donors (Lipinski definition) is 0. The van der Waals surface area contributed by atoms with E-state index in [1.54, 1.807) is 0 Å². The molecule has 0 aromatic heterocycles. The molecule has 2 fully saturated rings. The second-order valence-corrected chi connectivity index (χ2v) is 6.14. The largest absolute Gasteiger partial charge is 0.355 e. The molecule has 0 radical (unpaired) electrons. The molecule has 1 saturated heterocycles. The molecule has 0 N–H and O–H groups in total. The molecule has 102 valence electrons. The zero-order valence-corrected chi connectivity index (χ0v) is 11.8. The van der Waals surface area contributed by atoms with Gasteiger partial charge in [-0.2, -0.15) is 0 Å². The molecule has 2 nitrogen and oxygen atoms in total. The predicted molar refractivity (Wildman–Crippen MR) is 74.0 cm³/mol. The highest BCUT2D eigenvalue weighted by atomic mass is 32.1. The van der Waals surface area contributed by atoms with Crippen molar-refractivity contribution in [2.75, 3.05) is 27.2 Å². The maximum absolute atomic E-state index is 13.4. The summed E-state index contributed by atoms with van der Waals surface area (Å²) < 4.78 is 26.7. The highest BCUT2D eigenvalue weighted by Crippen LogP contribution is 2.59. The highest BCUT2D eigenvalue weighted by molar-refractivity contribution is 7.80. The first-order chi connectivity index (χ1) is 8.92. The summed E-state index contributed by atoms with van der Waals surface area (Å²) in [7, 11) is 3.83. The van der Waals surface area contributed by atoms with E-state index in [1.165, 1.54) is 12.1 Å². The van der Waals surface area contributed by atoms with Gasteiger partial charge >= 0.3 is 0 Å². The molecule has 0 amide bonds. The molecule has 1 aromatic rings. The van der Waals surface area contributed by atoms with Gasteiger partial charge in [-0.25, -0.2) is 8.78 Å². The normalized spacial score (nSPS) is 28.2. The average molecular weight is 282 g/mol. The third-order valence-electron chi connectivity index (χ3n) is 4.24. The van der Waals surface area contributed by atoms with E-state index >= 15 is 0 Å². The van der Waals surface area contributed by atoms with Crippen LogP contribution in [0.15, 0.2) is 18.2 Å². The van der Waals surface area contributed by atoms with Crippen LogP contribution in [-0.4, -0.2) is 42.1 Å². The summed E-state index contributed by atoms with van der Waals surface area (Å²) in [4.78, 5) is 4.03. The number of fused-ring (bicyclic) bond motifs is 1. The minimum atomic E-state index is -0.497. The first-order valence-corrected chi connectivity index (χ1v) is 6.76. The van der Waals surface area contributed by atoms with Crippen molar-refractivity contribution in [3.63, 3.8) is 0 Å². The van der Waals surface area contributed by atoms with Gasteiger partial charge < -0.3 is 9.80 Å². The third-order valence-corrected chi connectivity index (χ3v) is 4.86. The molecule has 3 rings (SSSR count). The molecule has 1 aliphatic carbocycles. The van der Waals surface area contributed by atoms with Gasteiger partial charge in [-0.05, 0) is 42.3 Å². The number of piperidine rings is 1. The Morgan fingerprint density at radius 2 is 1.95 bits per heavy atom. The van der Waals surface area contributed by atoms with Crippen LogP contribution in [-0.2, 0) is 5.41 Å². The Morgan fingerprint density at radius 3 is 2.53 bits per heavy atom. The number of nitrogens with zero attached hydrogens (tertiary/aromatic N) is 2. The van der Waals surface area contributed by atoms with E-state index in [2.05, 4.69) is 4.90 Å². The van der Waals surface area contributed by atoms with Crippen LogP contribution in [0, 0.1) is 17.6 Å². The van der Waals surface area contributed by atoms with Crippen molar-refractivity contribution in [3.05, 3.63) is 35.4 Å². The van der Waals surface area contributed by atoms with E-state index in [0.29, 0.717) is 5.92 Å². The molecule has 5 heteroatoms. The molecule has 1 saturated carbocycles. The summed E-state index contributed by atoms with van der Waals surface area (Å²) >= 11 is 5.37. The van der Waals surface area contributed by atoms with E-state index in [1.807, 2.05) is 19.0 Å². The molecule has 2 aliphatic rings. The highest BCUT2D eigenvalue weighted by Gasteiger charge is 2.61. The molecule has 1 aliphatic heterocycles. The van der Waals surface area contributed by atoms with Crippen molar-refractivity contribution in [1.29, 1.82) is 0 Å². The summed E-state index contributed by atoms with van der Waals surface area (Å²) in [5, 5.41) is 0.795. The van der Waals surface area contributed by atoms with Gasteiger partial charge in [0.2, 0.25) is 0 Å². The molecule has 0 spiro atoms. The number of thiocarbonyl (C=S) groups is 1. The first-order valence-electron chi connectivity index (χ1n) is 6.35. The Balaban J connectivity index is 1.85. The lowest BCUT2D eigenvalue weighted by Crippen LogP contribution is -2.39. The molecule has 0 bridgehead atoms. The van der Waals surface area contributed by atoms with Crippen molar-refractivity contribution in [2.24, 2.45) is 5.92 Å². The monoisotopic (exact) mass is 282 g/mol. The Hall–Kier alpha value is -1.23. The fraction of sp³-hybridized carbons (Fsp3) is 0.500. The second-order valence-electron chi connectivity index (χ2n) is 5.77. The van der Waals surface area contributed by atoms with Crippen LogP contribution < -0.4 is 0 Å². The Labute approximate surface area is 117 Å². The number of rotatable bonds is 1.